The quantitative estimate of drug-likeness (QED) is 0.694. The average Bonchev–Trinajstić information content (AvgIpc) is 2.59. The van der Waals surface area contributed by atoms with E-state index < -0.39 is 0 Å². The third kappa shape index (κ3) is 1.76. The van der Waals surface area contributed by atoms with Crippen LogP contribution in [0.2, 0.25) is 0 Å². The van der Waals surface area contributed by atoms with Crippen LogP contribution in [0, 0.1) is 6.92 Å². The van der Waals surface area contributed by atoms with E-state index in [4.69, 9.17) is 0 Å². The lowest BCUT2D eigenvalue weighted by molar-refractivity contribution is 0.676. The fraction of sp³-hybridized carbons (Fsp3) is 0.455. The molecule has 2 rings (SSSR count). The van der Waals surface area contributed by atoms with Gasteiger partial charge >= 0.3 is 0 Å². The number of aryl methyl sites for hydroxylation is 2. The molecule has 0 aromatic carbocycles. The molecule has 0 saturated heterocycles. The van der Waals surface area contributed by atoms with Crippen molar-refractivity contribution in [3.63, 3.8) is 0 Å². The fourth-order valence-electron chi connectivity index (χ4n) is 1.42. The Labute approximate surface area is 84.8 Å². The Hall–Kier alpha value is -1.38. The molecule has 2 aromatic heterocycles. The summed E-state index contributed by atoms with van der Waals surface area (Å²) in [5.74, 6) is 0. The van der Waals surface area contributed by atoms with Crippen LogP contribution in [0.1, 0.15) is 26.5 Å². The standard InChI is InChI=1S/C9H11N3.C2H6/c1-3-12-9-4-5-10-6-8(9)7(2)11-12;1-2/h4-6H,3H2,1-2H3;1-2H3. The summed E-state index contributed by atoms with van der Waals surface area (Å²) in [6, 6.07) is 2.00. The lowest BCUT2D eigenvalue weighted by Crippen LogP contribution is -1.95. The largest absolute Gasteiger partial charge is 0.265 e. The van der Waals surface area contributed by atoms with Crippen molar-refractivity contribution in [1.82, 2.24) is 14.8 Å². The van der Waals surface area contributed by atoms with Crippen LogP contribution >= 0.6 is 0 Å². The van der Waals surface area contributed by atoms with Crippen LogP contribution in [0.25, 0.3) is 10.9 Å². The van der Waals surface area contributed by atoms with Crippen molar-refractivity contribution in [2.75, 3.05) is 0 Å². The van der Waals surface area contributed by atoms with Gasteiger partial charge in [0.05, 0.1) is 11.2 Å². The van der Waals surface area contributed by atoms with Gasteiger partial charge in [0.2, 0.25) is 0 Å². The molecule has 3 heteroatoms. The van der Waals surface area contributed by atoms with Gasteiger partial charge in [0, 0.05) is 24.3 Å². The summed E-state index contributed by atoms with van der Waals surface area (Å²) >= 11 is 0. The SMILES string of the molecule is CC.CCn1nc(C)c2cnccc21. The van der Waals surface area contributed by atoms with E-state index in [1.165, 1.54) is 5.52 Å². The summed E-state index contributed by atoms with van der Waals surface area (Å²) in [5, 5.41) is 5.54. The highest BCUT2D eigenvalue weighted by Crippen LogP contribution is 2.15. The van der Waals surface area contributed by atoms with E-state index >= 15 is 0 Å². The number of pyridine rings is 1. The molecule has 0 atom stereocenters. The molecule has 0 aliphatic carbocycles. The van der Waals surface area contributed by atoms with Crippen LogP contribution in [0.5, 0.6) is 0 Å². The second-order valence-corrected chi connectivity index (χ2v) is 2.79. The van der Waals surface area contributed by atoms with E-state index in [0.717, 1.165) is 17.6 Å². The summed E-state index contributed by atoms with van der Waals surface area (Å²) in [7, 11) is 0. The molecule has 3 nitrogen and oxygen atoms in total. The Kier molecular flexibility index (Phi) is 3.63. The second kappa shape index (κ2) is 4.74. The van der Waals surface area contributed by atoms with Crippen LogP contribution in [0.3, 0.4) is 0 Å². The molecule has 2 aromatic rings. The molecule has 0 saturated carbocycles. The van der Waals surface area contributed by atoms with Gasteiger partial charge in [-0.05, 0) is 19.9 Å². The van der Waals surface area contributed by atoms with Crippen LogP contribution < -0.4 is 0 Å². The topological polar surface area (TPSA) is 30.7 Å². The monoisotopic (exact) mass is 191 g/mol. The summed E-state index contributed by atoms with van der Waals surface area (Å²) in [6.07, 6.45) is 3.67. The number of hydrogen-bond donors (Lipinski definition) is 0. The molecule has 76 valence electrons. The molecular formula is C11H17N3. The highest BCUT2D eigenvalue weighted by molar-refractivity contribution is 5.80. The van der Waals surface area contributed by atoms with Crippen molar-refractivity contribution in [3.05, 3.63) is 24.2 Å². The minimum Gasteiger partial charge on any atom is -0.265 e. The lowest BCUT2D eigenvalue weighted by Gasteiger charge is -1.95. The second-order valence-electron chi connectivity index (χ2n) is 2.79. The van der Waals surface area contributed by atoms with Crippen LogP contribution in [0.15, 0.2) is 18.5 Å². The molecular weight excluding hydrogens is 174 g/mol. The molecule has 0 N–H and O–H groups in total. The molecule has 0 aliphatic heterocycles. The van der Waals surface area contributed by atoms with Gasteiger partial charge in [-0.1, -0.05) is 13.8 Å². The number of hydrogen-bond acceptors (Lipinski definition) is 2. The summed E-state index contributed by atoms with van der Waals surface area (Å²) in [4.78, 5) is 4.07. The first-order chi connectivity index (χ1) is 6.83. The Morgan fingerprint density at radius 3 is 2.71 bits per heavy atom. The maximum atomic E-state index is 4.38. The minimum atomic E-state index is 0.911. The third-order valence-electron chi connectivity index (χ3n) is 2.04. The third-order valence-corrected chi connectivity index (χ3v) is 2.04. The maximum absolute atomic E-state index is 4.38. The first kappa shape index (κ1) is 10.7. The van der Waals surface area contributed by atoms with Crippen molar-refractivity contribution >= 4 is 10.9 Å². The van der Waals surface area contributed by atoms with Crippen LogP contribution in [-0.2, 0) is 6.54 Å². The molecule has 2 heterocycles. The first-order valence-corrected chi connectivity index (χ1v) is 5.10. The van der Waals surface area contributed by atoms with Crippen LogP contribution in [0.4, 0.5) is 0 Å². The van der Waals surface area contributed by atoms with Crippen molar-refractivity contribution < 1.29 is 0 Å². The van der Waals surface area contributed by atoms with Crippen molar-refractivity contribution in [2.24, 2.45) is 0 Å². The lowest BCUT2D eigenvalue weighted by atomic mass is 10.3. The average molecular weight is 191 g/mol. The molecule has 0 bridgehead atoms. The van der Waals surface area contributed by atoms with Gasteiger partial charge in [0.25, 0.3) is 0 Å². The number of aromatic nitrogens is 3. The normalized spacial score (nSPS) is 9.71. The van der Waals surface area contributed by atoms with Crippen molar-refractivity contribution in [3.8, 4) is 0 Å². The van der Waals surface area contributed by atoms with E-state index in [-0.39, 0.29) is 0 Å². The van der Waals surface area contributed by atoms with Gasteiger partial charge in [-0.2, -0.15) is 5.10 Å². The van der Waals surface area contributed by atoms with E-state index in [0.29, 0.717) is 0 Å². The molecule has 0 aliphatic rings. The smallest absolute Gasteiger partial charge is 0.0715 e. The Morgan fingerprint density at radius 1 is 1.36 bits per heavy atom. The van der Waals surface area contributed by atoms with E-state index in [1.807, 2.05) is 37.7 Å². The fourth-order valence-corrected chi connectivity index (χ4v) is 1.42. The minimum absolute atomic E-state index is 0.911. The molecule has 14 heavy (non-hydrogen) atoms. The van der Waals surface area contributed by atoms with Gasteiger partial charge in [-0.25, -0.2) is 0 Å². The van der Waals surface area contributed by atoms with Gasteiger partial charge in [0.1, 0.15) is 0 Å². The van der Waals surface area contributed by atoms with Crippen molar-refractivity contribution in [1.29, 1.82) is 0 Å². The zero-order valence-corrected chi connectivity index (χ0v) is 9.28. The predicted octanol–water partition coefficient (Wildman–Crippen LogP) is 2.79. The molecule has 0 fully saturated rings. The zero-order chi connectivity index (χ0) is 10.6. The predicted molar refractivity (Wildman–Crippen MR) is 59.3 cm³/mol. The Morgan fingerprint density at radius 2 is 2.07 bits per heavy atom. The molecule has 0 amide bonds. The number of fused-ring (bicyclic) bond motifs is 1. The van der Waals surface area contributed by atoms with E-state index in [2.05, 4.69) is 17.0 Å². The van der Waals surface area contributed by atoms with Gasteiger partial charge < -0.3 is 0 Å². The highest BCUT2D eigenvalue weighted by atomic mass is 15.3. The number of nitrogens with zero attached hydrogens (tertiary/aromatic N) is 3. The highest BCUT2D eigenvalue weighted by Gasteiger charge is 2.03. The summed E-state index contributed by atoms with van der Waals surface area (Å²) < 4.78 is 1.99. The molecule has 0 spiro atoms. The van der Waals surface area contributed by atoms with Gasteiger partial charge in [0.15, 0.2) is 0 Å². The van der Waals surface area contributed by atoms with Gasteiger partial charge in [-0.3, -0.25) is 9.67 Å². The number of rotatable bonds is 1. The Balaban J connectivity index is 0.000000461. The van der Waals surface area contributed by atoms with Gasteiger partial charge in [-0.15, -0.1) is 0 Å². The van der Waals surface area contributed by atoms with Crippen LogP contribution in [-0.4, -0.2) is 14.8 Å². The van der Waals surface area contributed by atoms with E-state index in [1.54, 1.807) is 6.20 Å². The van der Waals surface area contributed by atoms with Crippen molar-refractivity contribution in [2.45, 2.75) is 34.2 Å². The summed E-state index contributed by atoms with van der Waals surface area (Å²) in [5.41, 5.74) is 2.23. The molecule has 0 unspecified atom stereocenters. The summed E-state index contributed by atoms with van der Waals surface area (Å²) in [6.45, 7) is 9.01. The first-order valence-electron chi connectivity index (χ1n) is 5.10. The Bertz CT molecular complexity index is 404. The maximum Gasteiger partial charge on any atom is 0.0715 e. The molecule has 0 radical (unpaired) electrons. The van der Waals surface area contributed by atoms with E-state index in [9.17, 15) is 0 Å². The zero-order valence-electron chi connectivity index (χ0n) is 9.28.